The summed E-state index contributed by atoms with van der Waals surface area (Å²) in [6.07, 6.45) is -7.74. The smallest absolute Gasteiger partial charge is 0.434 e. The summed E-state index contributed by atoms with van der Waals surface area (Å²) in [5.41, 5.74) is -3.42. The molecule has 1 amide bonds. The fourth-order valence-electron chi connectivity index (χ4n) is 2.86. The van der Waals surface area contributed by atoms with Crippen LogP contribution in [-0.2, 0) is 18.9 Å². The van der Waals surface area contributed by atoms with E-state index >= 15 is 0 Å². The Balaban J connectivity index is 1.91. The Kier molecular flexibility index (Phi) is 6.42. The van der Waals surface area contributed by atoms with Crippen LogP contribution in [0, 0.1) is 0 Å². The van der Waals surface area contributed by atoms with Crippen LogP contribution in [0.1, 0.15) is 34.1 Å². The number of ether oxygens (including phenoxy) is 1. The zero-order valence-electron chi connectivity index (χ0n) is 16.5. The molecular weight excluding hydrogens is 442 g/mol. The maximum Gasteiger partial charge on any atom is 0.434 e. The van der Waals surface area contributed by atoms with Crippen molar-refractivity contribution < 1.29 is 35.9 Å². The number of rotatable bonds is 6. The minimum absolute atomic E-state index is 0.131. The molecular formula is C20H16F6N4O2. The third-order valence-electron chi connectivity index (χ3n) is 4.24. The molecule has 1 aromatic carbocycles. The first kappa shape index (κ1) is 23.1. The minimum atomic E-state index is -5.06. The number of halogens is 6. The van der Waals surface area contributed by atoms with Crippen molar-refractivity contribution in [2.24, 2.45) is 0 Å². The summed E-state index contributed by atoms with van der Waals surface area (Å²) >= 11 is 0. The Morgan fingerprint density at radius 1 is 1.09 bits per heavy atom. The van der Waals surface area contributed by atoms with Crippen molar-refractivity contribution in [1.29, 1.82) is 0 Å². The Morgan fingerprint density at radius 2 is 1.84 bits per heavy atom. The highest BCUT2D eigenvalue weighted by Gasteiger charge is 2.41. The van der Waals surface area contributed by atoms with Crippen LogP contribution >= 0.6 is 0 Å². The largest absolute Gasteiger partial charge is 0.478 e. The summed E-state index contributed by atoms with van der Waals surface area (Å²) in [5, 5.41) is 5.87. The van der Waals surface area contributed by atoms with Crippen molar-refractivity contribution in [3.05, 3.63) is 71.2 Å². The highest BCUT2D eigenvalue weighted by atomic mass is 19.4. The molecule has 0 atom stereocenters. The highest BCUT2D eigenvalue weighted by molar-refractivity contribution is 5.95. The van der Waals surface area contributed by atoms with Crippen LogP contribution in [0.15, 0.2) is 48.8 Å². The normalized spacial score (nSPS) is 12.0. The van der Waals surface area contributed by atoms with Crippen LogP contribution in [-0.4, -0.2) is 27.3 Å². The lowest BCUT2D eigenvalue weighted by Gasteiger charge is -2.14. The van der Waals surface area contributed by atoms with Crippen molar-refractivity contribution in [3.8, 4) is 11.6 Å². The Hall–Kier alpha value is -3.57. The number of aromatic nitrogens is 3. The number of amides is 1. The number of carbonyl (C=O) groups is 1. The second kappa shape index (κ2) is 8.89. The molecule has 2 heterocycles. The van der Waals surface area contributed by atoms with E-state index in [9.17, 15) is 31.1 Å². The first-order valence-electron chi connectivity index (χ1n) is 9.19. The van der Waals surface area contributed by atoms with E-state index in [4.69, 9.17) is 4.74 Å². The monoisotopic (exact) mass is 458 g/mol. The summed E-state index contributed by atoms with van der Waals surface area (Å²) in [6, 6.07) is 6.29. The Labute approximate surface area is 177 Å². The molecule has 0 aliphatic carbocycles. The number of nitrogens with zero attached hydrogens (tertiary/aromatic N) is 3. The third kappa shape index (κ3) is 5.18. The number of pyridine rings is 1. The lowest BCUT2D eigenvalue weighted by atomic mass is 10.1. The molecule has 6 nitrogen and oxygen atoms in total. The third-order valence-corrected chi connectivity index (χ3v) is 4.24. The molecule has 2 aromatic heterocycles. The van der Waals surface area contributed by atoms with Crippen LogP contribution in [0.2, 0.25) is 0 Å². The van der Waals surface area contributed by atoms with Gasteiger partial charge in [0, 0.05) is 18.8 Å². The number of carbonyl (C=O) groups excluding carboxylic acids is 1. The van der Waals surface area contributed by atoms with E-state index in [2.05, 4.69) is 15.4 Å². The first-order chi connectivity index (χ1) is 15.0. The molecule has 0 aliphatic rings. The van der Waals surface area contributed by atoms with E-state index in [1.165, 1.54) is 12.3 Å². The second-order valence-electron chi connectivity index (χ2n) is 6.48. The van der Waals surface area contributed by atoms with E-state index in [0.29, 0.717) is 24.4 Å². The summed E-state index contributed by atoms with van der Waals surface area (Å²) in [4.78, 5) is 16.4. The van der Waals surface area contributed by atoms with Gasteiger partial charge in [-0.1, -0.05) is 6.07 Å². The van der Waals surface area contributed by atoms with Crippen molar-refractivity contribution in [1.82, 2.24) is 20.1 Å². The van der Waals surface area contributed by atoms with Gasteiger partial charge in [0.1, 0.15) is 0 Å². The molecule has 3 rings (SSSR count). The molecule has 12 heteroatoms. The molecule has 170 valence electrons. The topological polar surface area (TPSA) is 69.0 Å². The van der Waals surface area contributed by atoms with E-state index in [1.807, 2.05) is 0 Å². The fraction of sp³-hybridized carbons (Fsp3) is 0.250. The lowest BCUT2D eigenvalue weighted by molar-refractivity contribution is -0.143. The van der Waals surface area contributed by atoms with Gasteiger partial charge in [-0.2, -0.15) is 31.4 Å². The van der Waals surface area contributed by atoms with Crippen molar-refractivity contribution >= 4 is 5.91 Å². The number of benzene rings is 1. The van der Waals surface area contributed by atoms with Gasteiger partial charge in [0.05, 0.1) is 29.6 Å². The Morgan fingerprint density at radius 3 is 2.50 bits per heavy atom. The first-order valence-corrected chi connectivity index (χ1v) is 9.19. The van der Waals surface area contributed by atoms with Gasteiger partial charge in [0.15, 0.2) is 5.69 Å². The zero-order chi connectivity index (χ0) is 23.5. The van der Waals surface area contributed by atoms with Gasteiger partial charge in [-0.3, -0.25) is 4.79 Å². The second-order valence-corrected chi connectivity index (χ2v) is 6.48. The average Bonchev–Trinajstić information content (AvgIpc) is 3.18. The molecule has 1 N–H and O–H groups in total. The molecule has 3 aromatic rings. The molecule has 0 unspecified atom stereocenters. The Bertz CT molecular complexity index is 1110. The van der Waals surface area contributed by atoms with E-state index in [1.54, 1.807) is 13.0 Å². The molecule has 32 heavy (non-hydrogen) atoms. The summed E-state index contributed by atoms with van der Waals surface area (Å²) in [5.74, 6) is -0.807. The van der Waals surface area contributed by atoms with Gasteiger partial charge >= 0.3 is 12.4 Å². The number of hydrogen-bond donors (Lipinski definition) is 1. The summed E-state index contributed by atoms with van der Waals surface area (Å²) < 4.78 is 85.6. The predicted molar refractivity (Wildman–Crippen MR) is 100 cm³/mol. The lowest BCUT2D eigenvalue weighted by Crippen LogP contribution is -2.26. The SMILES string of the molecule is CCOc1cc(CNC(=O)c2cnn(-c3cccc(C(F)(F)F)c3)c2C(F)(F)F)ccn1. The van der Waals surface area contributed by atoms with Gasteiger partial charge < -0.3 is 10.1 Å². The number of hydrogen-bond acceptors (Lipinski definition) is 4. The molecule has 0 bridgehead atoms. The molecule has 0 spiro atoms. The summed E-state index contributed by atoms with van der Waals surface area (Å²) in [7, 11) is 0. The maximum absolute atomic E-state index is 13.7. The van der Waals surface area contributed by atoms with Gasteiger partial charge in [-0.05, 0) is 36.8 Å². The fourth-order valence-corrected chi connectivity index (χ4v) is 2.86. The average molecular weight is 458 g/mol. The van der Waals surface area contributed by atoms with Crippen LogP contribution in [0.25, 0.3) is 5.69 Å². The van der Waals surface area contributed by atoms with E-state index in [0.717, 1.165) is 18.2 Å². The highest BCUT2D eigenvalue weighted by Crippen LogP contribution is 2.35. The molecule has 0 fully saturated rings. The molecule has 0 saturated carbocycles. The predicted octanol–water partition coefficient (Wildman–Crippen LogP) is 4.63. The van der Waals surface area contributed by atoms with Crippen molar-refractivity contribution in [3.63, 3.8) is 0 Å². The molecule has 0 radical (unpaired) electrons. The van der Waals surface area contributed by atoms with Gasteiger partial charge in [0.2, 0.25) is 5.88 Å². The van der Waals surface area contributed by atoms with Gasteiger partial charge in [0.25, 0.3) is 5.91 Å². The van der Waals surface area contributed by atoms with Crippen LogP contribution in [0.4, 0.5) is 26.3 Å². The summed E-state index contributed by atoms with van der Waals surface area (Å²) in [6.45, 7) is 1.97. The van der Waals surface area contributed by atoms with Crippen LogP contribution in [0.3, 0.4) is 0 Å². The number of nitrogens with one attached hydrogen (secondary N) is 1. The van der Waals surface area contributed by atoms with Crippen LogP contribution in [0.5, 0.6) is 5.88 Å². The van der Waals surface area contributed by atoms with E-state index < -0.39 is 40.8 Å². The van der Waals surface area contributed by atoms with Gasteiger partial charge in [-0.25, -0.2) is 9.67 Å². The van der Waals surface area contributed by atoms with Gasteiger partial charge in [-0.15, -0.1) is 0 Å². The van der Waals surface area contributed by atoms with Crippen molar-refractivity contribution in [2.45, 2.75) is 25.8 Å². The molecule has 0 aliphatic heterocycles. The van der Waals surface area contributed by atoms with E-state index in [-0.39, 0.29) is 17.1 Å². The standard InChI is InChI=1S/C20H16F6N4O2/c1-2-32-16-8-12(6-7-27-16)10-28-18(31)15-11-29-30(17(15)20(24,25)26)14-5-3-4-13(9-14)19(21,22)23/h3-9,11H,2,10H2,1H3,(H,28,31). The zero-order valence-corrected chi connectivity index (χ0v) is 16.5. The number of alkyl halides is 6. The minimum Gasteiger partial charge on any atom is -0.478 e. The maximum atomic E-state index is 13.7. The van der Waals surface area contributed by atoms with Crippen LogP contribution < -0.4 is 10.1 Å². The van der Waals surface area contributed by atoms with Crippen molar-refractivity contribution in [2.75, 3.05) is 6.61 Å². The quantitative estimate of drug-likeness (QED) is 0.547. The molecule has 0 saturated heterocycles.